The van der Waals surface area contributed by atoms with Crippen LogP contribution in [0.25, 0.3) is 0 Å². The Morgan fingerprint density at radius 1 is 1.75 bits per heavy atom. The summed E-state index contributed by atoms with van der Waals surface area (Å²) in [5, 5.41) is 0.468. The summed E-state index contributed by atoms with van der Waals surface area (Å²) in [6.45, 7) is 5.23. The number of aliphatic imine (C=N–C) groups is 2. The van der Waals surface area contributed by atoms with E-state index in [4.69, 9.17) is 0 Å². The average molecular weight is 128 g/mol. The Kier molecular flexibility index (Phi) is 4.26. The lowest BCUT2D eigenvalue weighted by Crippen LogP contribution is -1.65. The molecule has 0 fully saturated rings. The van der Waals surface area contributed by atoms with Crippen LogP contribution >= 0.6 is 12.6 Å². The number of hydrogen-bond acceptors (Lipinski definition) is 2. The van der Waals surface area contributed by atoms with Gasteiger partial charge in [-0.05, 0) is 6.92 Å². The Morgan fingerprint density at radius 2 is 2.38 bits per heavy atom. The third-order valence-electron chi connectivity index (χ3n) is 0.422. The molecule has 0 rings (SSSR count). The number of nitrogens with zero attached hydrogens (tertiary/aromatic N) is 2. The predicted molar refractivity (Wildman–Crippen MR) is 40.8 cm³/mol. The summed E-state index contributed by atoms with van der Waals surface area (Å²) in [4.78, 5) is 7.35. The van der Waals surface area contributed by atoms with E-state index in [0.717, 1.165) is 0 Å². The quantitative estimate of drug-likeness (QED) is 0.331. The zero-order valence-electron chi connectivity index (χ0n) is 4.70. The van der Waals surface area contributed by atoms with Crippen molar-refractivity contribution < 1.29 is 0 Å². The summed E-state index contributed by atoms with van der Waals surface area (Å²) in [5.41, 5.74) is 0. The van der Waals surface area contributed by atoms with Crippen molar-refractivity contribution in [3.8, 4) is 0 Å². The van der Waals surface area contributed by atoms with E-state index < -0.39 is 0 Å². The fourth-order valence-electron chi connectivity index (χ4n) is 0.167. The number of hydrogen-bond donors (Lipinski definition) is 1. The molecular formula is C5H8N2S. The van der Waals surface area contributed by atoms with Gasteiger partial charge in [0.1, 0.15) is 6.34 Å². The molecule has 8 heavy (non-hydrogen) atoms. The largest absolute Gasteiger partial charge is 0.249 e. The number of thiol groups is 1. The maximum atomic E-state index is 3.80. The first-order chi connectivity index (χ1) is 3.77. The molecule has 0 amide bonds. The second-order valence-corrected chi connectivity index (χ2v) is 1.58. The highest BCUT2D eigenvalue weighted by Gasteiger charge is 1.68. The molecule has 0 heterocycles. The molecule has 0 saturated carbocycles. The first-order valence-corrected chi connectivity index (χ1v) is 2.60. The molecular weight excluding hydrogens is 120 g/mol. The van der Waals surface area contributed by atoms with E-state index in [1.54, 1.807) is 6.21 Å². The summed E-state index contributed by atoms with van der Waals surface area (Å²) in [7, 11) is 0. The van der Waals surface area contributed by atoms with Crippen LogP contribution in [-0.4, -0.2) is 12.6 Å². The van der Waals surface area contributed by atoms with Gasteiger partial charge in [-0.2, -0.15) is 0 Å². The molecule has 0 aromatic carbocycles. The van der Waals surface area contributed by atoms with Crippen LogP contribution in [0.5, 0.6) is 0 Å². The van der Waals surface area contributed by atoms with Crippen molar-refractivity contribution in [1.82, 2.24) is 0 Å². The Labute approximate surface area is 54.5 Å². The Balaban J connectivity index is 3.50. The molecule has 0 aromatic rings. The monoisotopic (exact) mass is 128 g/mol. The fourth-order valence-corrected chi connectivity index (χ4v) is 0.218. The van der Waals surface area contributed by atoms with E-state index in [1.807, 2.05) is 6.92 Å². The highest BCUT2D eigenvalue weighted by atomic mass is 32.1. The van der Waals surface area contributed by atoms with Crippen LogP contribution in [0.15, 0.2) is 21.6 Å². The van der Waals surface area contributed by atoms with Gasteiger partial charge in [0.2, 0.25) is 0 Å². The molecule has 0 saturated heterocycles. The maximum absolute atomic E-state index is 3.80. The van der Waals surface area contributed by atoms with Crippen LogP contribution in [0.4, 0.5) is 0 Å². The van der Waals surface area contributed by atoms with Crippen molar-refractivity contribution in [2.24, 2.45) is 9.98 Å². The summed E-state index contributed by atoms with van der Waals surface area (Å²) in [5.74, 6) is 0. The molecule has 0 bridgehead atoms. The Bertz CT molecular complexity index is 126. The van der Waals surface area contributed by atoms with Gasteiger partial charge in [-0.1, -0.05) is 6.58 Å². The fraction of sp³-hybridized carbons (Fsp3) is 0.200. The lowest BCUT2D eigenvalue weighted by atomic mass is 10.9. The van der Waals surface area contributed by atoms with Gasteiger partial charge in [0, 0.05) is 6.21 Å². The topological polar surface area (TPSA) is 24.7 Å². The van der Waals surface area contributed by atoms with E-state index in [0.29, 0.717) is 5.03 Å². The molecule has 0 radical (unpaired) electrons. The van der Waals surface area contributed by atoms with Gasteiger partial charge in [-0.15, -0.1) is 12.6 Å². The molecule has 0 aliphatic carbocycles. The van der Waals surface area contributed by atoms with Crippen LogP contribution in [0.3, 0.4) is 0 Å². The third-order valence-corrected chi connectivity index (χ3v) is 0.538. The molecule has 0 aliphatic rings. The van der Waals surface area contributed by atoms with Crippen molar-refractivity contribution in [3.05, 3.63) is 11.6 Å². The standard InChI is InChI=1S/C5H8N2S/c1-3-6-4-7-5(2)8/h3-4,8H,2H2,1H3/b6-3-,7-4-. The van der Waals surface area contributed by atoms with Crippen LogP contribution in [0, 0.1) is 0 Å². The van der Waals surface area contributed by atoms with Crippen LogP contribution in [0.1, 0.15) is 6.92 Å². The molecule has 0 spiro atoms. The summed E-state index contributed by atoms with van der Waals surface area (Å²) < 4.78 is 0. The van der Waals surface area contributed by atoms with Crippen molar-refractivity contribution in [2.75, 3.05) is 0 Å². The van der Waals surface area contributed by atoms with Crippen molar-refractivity contribution >= 4 is 25.2 Å². The molecule has 0 aromatic heterocycles. The molecule has 0 unspecified atom stereocenters. The summed E-state index contributed by atoms with van der Waals surface area (Å²) >= 11 is 3.80. The normalized spacial score (nSPS) is 11.2. The highest BCUT2D eigenvalue weighted by molar-refractivity contribution is 7.84. The van der Waals surface area contributed by atoms with Gasteiger partial charge in [0.05, 0.1) is 5.03 Å². The highest BCUT2D eigenvalue weighted by Crippen LogP contribution is 1.93. The van der Waals surface area contributed by atoms with Crippen molar-refractivity contribution in [2.45, 2.75) is 6.92 Å². The van der Waals surface area contributed by atoms with Gasteiger partial charge in [-0.3, -0.25) is 0 Å². The molecule has 0 aliphatic heterocycles. The second-order valence-electron chi connectivity index (χ2n) is 1.07. The van der Waals surface area contributed by atoms with Crippen LogP contribution < -0.4 is 0 Å². The third kappa shape index (κ3) is 5.43. The lowest BCUT2D eigenvalue weighted by molar-refractivity contribution is 1.54. The van der Waals surface area contributed by atoms with Crippen LogP contribution in [0.2, 0.25) is 0 Å². The Hall–Kier alpha value is -0.570. The summed E-state index contributed by atoms with van der Waals surface area (Å²) in [6, 6.07) is 0. The molecule has 0 N–H and O–H groups in total. The van der Waals surface area contributed by atoms with E-state index >= 15 is 0 Å². The van der Waals surface area contributed by atoms with Gasteiger partial charge < -0.3 is 0 Å². The molecule has 2 nitrogen and oxygen atoms in total. The zero-order chi connectivity index (χ0) is 6.41. The average Bonchev–Trinajstić information content (AvgIpc) is 1.66. The molecule has 44 valence electrons. The zero-order valence-corrected chi connectivity index (χ0v) is 5.60. The minimum absolute atomic E-state index is 0.468. The molecule has 3 heteroatoms. The SMILES string of the molecule is C=C(S)/N=C\N=C/C. The van der Waals surface area contributed by atoms with E-state index in [9.17, 15) is 0 Å². The van der Waals surface area contributed by atoms with Crippen LogP contribution in [-0.2, 0) is 0 Å². The van der Waals surface area contributed by atoms with Gasteiger partial charge in [0.15, 0.2) is 0 Å². The van der Waals surface area contributed by atoms with Gasteiger partial charge >= 0.3 is 0 Å². The smallest absolute Gasteiger partial charge is 0.116 e. The van der Waals surface area contributed by atoms with Gasteiger partial charge in [0.25, 0.3) is 0 Å². The minimum atomic E-state index is 0.468. The predicted octanol–water partition coefficient (Wildman–Crippen LogP) is 1.51. The summed E-state index contributed by atoms with van der Waals surface area (Å²) in [6.07, 6.45) is 3.04. The number of rotatable bonds is 2. The van der Waals surface area contributed by atoms with E-state index in [1.165, 1.54) is 6.34 Å². The maximum Gasteiger partial charge on any atom is 0.116 e. The second kappa shape index (κ2) is 4.59. The first kappa shape index (κ1) is 7.43. The first-order valence-electron chi connectivity index (χ1n) is 2.15. The minimum Gasteiger partial charge on any atom is -0.249 e. The van der Waals surface area contributed by atoms with Gasteiger partial charge in [-0.25, -0.2) is 9.98 Å². The molecule has 0 atom stereocenters. The van der Waals surface area contributed by atoms with E-state index in [2.05, 4.69) is 29.2 Å². The van der Waals surface area contributed by atoms with E-state index in [-0.39, 0.29) is 0 Å². The lowest BCUT2D eigenvalue weighted by Gasteiger charge is -1.77. The van der Waals surface area contributed by atoms with Crippen molar-refractivity contribution in [1.29, 1.82) is 0 Å². The van der Waals surface area contributed by atoms with Crippen molar-refractivity contribution in [3.63, 3.8) is 0 Å². The Morgan fingerprint density at radius 3 is 2.75 bits per heavy atom.